The second kappa shape index (κ2) is 7.17. The lowest BCUT2D eigenvalue weighted by molar-refractivity contribution is -0.113. The van der Waals surface area contributed by atoms with Gasteiger partial charge in [0.2, 0.25) is 5.91 Å². The molecule has 0 aliphatic heterocycles. The first kappa shape index (κ1) is 13.8. The number of nitrogens with two attached hydrogens (primary N) is 1. The summed E-state index contributed by atoms with van der Waals surface area (Å²) >= 11 is 1.55. The molecule has 0 unspecified atom stereocenters. The van der Waals surface area contributed by atoms with Crippen LogP contribution >= 0.6 is 11.8 Å². The van der Waals surface area contributed by atoms with E-state index in [9.17, 15) is 9.18 Å². The third kappa shape index (κ3) is 5.08. The van der Waals surface area contributed by atoms with Crippen molar-refractivity contribution in [3.63, 3.8) is 0 Å². The van der Waals surface area contributed by atoms with E-state index in [-0.39, 0.29) is 11.6 Å². The molecule has 1 aromatic rings. The first-order chi connectivity index (χ1) is 8.13. The van der Waals surface area contributed by atoms with Crippen molar-refractivity contribution in [1.29, 1.82) is 0 Å². The predicted molar refractivity (Wildman–Crippen MR) is 71.7 cm³/mol. The lowest BCUT2D eigenvalue weighted by Gasteiger charge is -2.07. The maximum atomic E-state index is 13.3. The van der Waals surface area contributed by atoms with Crippen LogP contribution in [-0.2, 0) is 4.79 Å². The molecule has 3 N–H and O–H groups in total. The third-order valence-corrected chi connectivity index (χ3v) is 3.18. The molecule has 0 aliphatic carbocycles. The van der Waals surface area contributed by atoms with Gasteiger partial charge in [0.25, 0.3) is 0 Å². The molecule has 17 heavy (non-hydrogen) atoms. The van der Waals surface area contributed by atoms with Crippen molar-refractivity contribution in [2.45, 2.75) is 19.8 Å². The average Bonchev–Trinajstić information content (AvgIpc) is 2.29. The SMILES string of the molecule is CCCCSCC(=O)Nc1cc(N)ccc1F. The van der Waals surface area contributed by atoms with Crippen LogP contribution in [0.25, 0.3) is 0 Å². The van der Waals surface area contributed by atoms with Gasteiger partial charge in [0.15, 0.2) is 0 Å². The lowest BCUT2D eigenvalue weighted by Crippen LogP contribution is -2.15. The van der Waals surface area contributed by atoms with E-state index in [2.05, 4.69) is 12.2 Å². The summed E-state index contributed by atoms with van der Waals surface area (Å²) in [6.07, 6.45) is 2.20. The number of halogens is 1. The van der Waals surface area contributed by atoms with Crippen molar-refractivity contribution in [2.24, 2.45) is 0 Å². The van der Waals surface area contributed by atoms with E-state index < -0.39 is 5.82 Å². The van der Waals surface area contributed by atoms with Gasteiger partial charge < -0.3 is 11.1 Å². The second-order valence-corrected chi connectivity index (χ2v) is 4.80. The Morgan fingerprint density at radius 2 is 2.29 bits per heavy atom. The molecule has 5 heteroatoms. The zero-order chi connectivity index (χ0) is 12.7. The van der Waals surface area contributed by atoms with E-state index >= 15 is 0 Å². The number of hydrogen-bond acceptors (Lipinski definition) is 3. The van der Waals surface area contributed by atoms with Gasteiger partial charge >= 0.3 is 0 Å². The van der Waals surface area contributed by atoms with E-state index in [1.807, 2.05) is 0 Å². The first-order valence-corrected chi connectivity index (χ1v) is 6.71. The highest BCUT2D eigenvalue weighted by molar-refractivity contribution is 7.99. The Labute approximate surface area is 105 Å². The molecule has 1 rings (SSSR count). The molecule has 0 fully saturated rings. The van der Waals surface area contributed by atoms with E-state index in [0.29, 0.717) is 11.4 Å². The fourth-order valence-corrected chi connectivity index (χ4v) is 2.13. The largest absolute Gasteiger partial charge is 0.399 e. The van der Waals surface area contributed by atoms with Crippen LogP contribution in [0.2, 0.25) is 0 Å². The third-order valence-electron chi connectivity index (χ3n) is 2.14. The van der Waals surface area contributed by atoms with Gasteiger partial charge in [-0.25, -0.2) is 4.39 Å². The summed E-state index contributed by atoms with van der Waals surface area (Å²) in [5.41, 5.74) is 6.10. The van der Waals surface area contributed by atoms with Gasteiger partial charge in [0.05, 0.1) is 11.4 Å². The van der Waals surface area contributed by atoms with Crippen LogP contribution in [0.3, 0.4) is 0 Å². The molecular weight excluding hydrogens is 239 g/mol. The molecule has 3 nitrogen and oxygen atoms in total. The van der Waals surface area contributed by atoms with Gasteiger partial charge in [-0.1, -0.05) is 13.3 Å². The average molecular weight is 256 g/mol. The van der Waals surface area contributed by atoms with Crippen LogP contribution in [-0.4, -0.2) is 17.4 Å². The fraction of sp³-hybridized carbons (Fsp3) is 0.417. The number of rotatable bonds is 6. The van der Waals surface area contributed by atoms with Crippen LogP contribution in [0.1, 0.15) is 19.8 Å². The Morgan fingerprint density at radius 3 is 3.00 bits per heavy atom. The van der Waals surface area contributed by atoms with Crippen molar-refractivity contribution in [1.82, 2.24) is 0 Å². The van der Waals surface area contributed by atoms with E-state index in [1.54, 1.807) is 11.8 Å². The number of thioether (sulfide) groups is 1. The van der Waals surface area contributed by atoms with Crippen LogP contribution in [0, 0.1) is 5.82 Å². The highest BCUT2D eigenvalue weighted by Crippen LogP contribution is 2.17. The number of carbonyl (C=O) groups is 1. The molecule has 1 aromatic carbocycles. The number of amides is 1. The maximum absolute atomic E-state index is 13.3. The number of unbranched alkanes of at least 4 members (excludes halogenated alkanes) is 1. The summed E-state index contributed by atoms with van der Waals surface area (Å²) in [4.78, 5) is 11.5. The molecule has 0 aliphatic rings. The monoisotopic (exact) mass is 256 g/mol. The maximum Gasteiger partial charge on any atom is 0.234 e. The molecule has 0 atom stereocenters. The highest BCUT2D eigenvalue weighted by atomic mass is 32.2. The first-order valence-electron chi connectivity index (χ1n) is 5.56. The number of nitrogens with one attached hydrogen (secondary N) is 1. The number of anilines is 2. The number of benzene rings is 1. The van der Waals surface area contributed by atoms with Crippen molar-refractivity contribution in [3.05, 3.63) is 24.0 Å². The van der Waals surface area contributed by atoms with E-state index in [0.717, 1.165) is 18.6 Å². The van der Waals surface area contributed by atoms with Gasteiger partial charge in [-0.05, 0) is 30.4 Å². The van der Waals surface area contributed by atoms with Gasteiger partial charge in [0.1, 0.15) is 5.82 Å². The Morgan fingerprint density at radius 1 is 1.53 bits per heavy atom. The topological polar surface area (TPSA) is 55.1 Å². The molecule has 0 heterocycles. The summed E-state index contributed by atoms with van der Waals surface area (Å²) in [6, 6.07) is 4.13. The standard InChI is InChI=1S/C12H17FN2OS/c1-2-3-6-17-8-12(16)15-11-7-9(14)4-5-10(11)13/h4-5,7H,2-3,6,8,14H2,1H3,(H,15,16). The van der Waals surface area contributed by atoms with E-state index in [1.165, 1.54) is 18.2 Å². The van der Waals surface area contributed by atoms with Gasteiger partial charge in [-0.15, -0.1) is 0 Å². The van der Waals surface area contributed by atoms with Crippen LogP contribution in [0.15, 0.2) is 18.2 Å². The Balaban J connectivity index is 2.42. The molecule has 0 saturated heterocycles. The number of nitrogen functional groups attached to an aromatic ring is 1. The van der Waals surface area contributed by atoms with Crippen molar-refractivity contribution in [3.8, 4) is 0 Å². The number of hydrogen-bond donors (Lipinski definition) is 2. The Bertz CT molecular complexity index is 385. The van der Waals surface area contributed by atoms with E-state index in [4.69, 9.17) is 5.73 Å². The molecule has 0 saturated carbocycles. The molecule has 1 amide bonds. The zero-order valence-electron chi connectivity index (χ0n) is 9.83. The van der Waals surface area contributed by atoms with Gasteiger partial charge in [-0.2, -0.15) is 11.8 Å². The fourth-order valence-electron chi connectivity index (χ4n) is 1.24. The van der Waals surface area contributed by atoms with Gasteiger partial charge in [-0.3, -0.25) is 4.79 Å². The molecule has 0 radical (unpaired) electrons. The molecule has 94 valence electrons. The quantitative estimate of drug-likeness (QED) is 0.608. The van der Waals surface area contributed by atoms with Crippen LogP contribution < -0.4 is 11.1 Å². The molecular formula is C12H17FN2OS. The summed E-state index contributed by atoms with van der Waals surface area (Å²) in [5.74, 6) is 0.624. The second-order valence-electron chi connectivity index (χ2n) is 3.69. The summed E-state index contributed by atoms with van der Waals surface area (Å²) in [5, 5.41) is 2.51. The molecule has 0 bridgehead atoms. The highest BCUT2D eigenvalue weighted by Gasteiger charge is 2.07. The summed E-state index contributed by atoms with van der Waals surface area (Å²) in [6.45, 7) is 2.10. The molecule has 0 spiro atoms. The number of carbonyl (C=O) groups excluding carboxylic acids is 1. The minimum absolute atomic E-state index is 0.145. The Hall–Kier alpha value is -1.23. The van der Waals surface area contributed by atoms with Crippen molar-refractivity contribution >= 4 is 29.0 Å². The summed E-state index contributed by atoms with van der Waals surface area (Å²) in [7, 11) is 0. The lowest BCUT2D eigenvalue weighted by atomic mass is 10.2. The minimum Gasteiger partial charge on any atom is -0.399 e. The predicted octanol–water partition coefficient (Wildman–Crippen LogP) is 2.88. The summed E-state index contributed by atoms with van der Waals surface area (Å²) < 4.78 is 13.3. The zero-order valence-corrected chi connectivity index (χ0v) is 10.6. The van der Waals surface area contributed by atoms with Gasteiger partial charge in [0, 0.05) is 5.69 Å². The minimum atomic E-state index is -0.467. The van der Waals surface area contributed by atoms with Crippen LogP contribution in [0.4, 0.5) is 15.8 Å². The van der Waals surface area contributed by atoms with Crippen molar-refractivity contribution < 1.29 is 9.18 Å². The van der Waals surface area contributed by atoms with Crippen LogP contribution in [0.5, 0.6) is 0 Å². The van der Waals surface area contributed by atoms with Crippen molar-refractivity contribution in [2.75, 3.05) is 22.6 Å². The smallest absolute Gasteiger partial charge is 0.234 e. The normalized spacial score (nSPS) is 10.2. The Kier molecular flexibility index (Phi) is 5.83. The molecule has 0 aromatic heterocycles.